The molecule has 3 heterocycles. The second-order valence-corrected chi connectivity index (χ2v) is 11.5. The molecule has 2 amide bonds. The average molecular weight is 499 g/mol. The fourth-order valence-corrected chi connectivity index (χ4v) is 7.49. The van der Waals surface area contributed by atoms with Gasteiger partial charge in [0.05, 0.1) is 18.9 Å². The van der Waals surface area contributed by atoms with Crippen LogP contribution in [0.2, 0.25) is 0 Å². The lowest BCUT2D eigenvalue weighted by Gasteiger charge is -2.44. The minimum absolute atomic E-state index is 0.0439. The minimum Gasteiger partial charge on any atom is -0.494 e. The SMILES string of the molecule is C=C(/C=C\C=C/C)OCCC(=O)N1CCC(C2=CC(C(=O)N3CCCC4CCCCC43)CS2)CC1. The van der Waals surface area contributed by atoms with Crippen LogP contribution in [0.5, 0.6) is 0 Å². The third-order valence-electron chi connectivity index (χ3n) is 8.08. The Morgan fingerprint density at radius 1 is 1.09 bits per heavy atom. The van der Waals surface area contributed by atoms with Crippen molar-refractivity contribution in [2.24, 2.45) is 17.8 Å². The second kappa shape index (κ2) is 12.8. The van der Waals surface area contributed by atoms with E-state index >= 15 is 0 Å². The van der Waals surface area contributed by atoms with Gasteiger partial charge < -0.3 is 14.5 Å². The number of amides is 2. The van der Waals surface area contributed by atoms with Crippen LogP contribution >= 0.6 is 11.8 Å². The number of carbonyl (C=O) groups is 2. The number of thioether (sulfide) groups is 1. The molecular formula is C29H42N2O3S. The van der Waals surface area contributed by atoms with Gasteiger partial charge in [-0.1, -0.05) is 43.7 Å². The standard InChI is InChI=1S/C29H42N2O3S/c1-3-4-5-9-22(2)34-19-15-28(32)30-17-13-24(14-18-30)27-20-25(21-35-27)29(33)31-16-8-11-23-10-6-7-12-26(23)31/h3-5,9,20,23-26H,2,6-8,10-19,21H2,1H3/b4-3-,9-5-. The number of hydrogen-bond acceptors (Lipinski definition) is 4. The van der Waals surface area contributed by atoms with Gasteiger partial charge >= 0.3 is 0 Å². The predicted octanol–water partition coefficient (Wildman–Crippen LogP) is 5.71. The highest BCUT2D eigenvalue weighted by atomic mass is 32.2. The third-order valence-corrected chi connectivity index (χ3v) is 9.41. The van der Waals surface area contributed by atoms with Gasteiger partial charge in [0.25, 0.3) is 0 Å². The smallest absolute Gasteiger partial charge is 0.230 e. The zero-order valence-corrected chi connectivity index (χ0v) is 22.1. The number of nitrogens with zero attached hydrogens (tertiary/aromatic N) is 2. The number of rotatable bonds is 8. The summed E-state index contributed by atoms with van der Waals surface area (Å²) in [7, 11) is 0. The summed E-state index contributed by atoms with van der Waals surface area (Å²) >= 11 is 1.88. The molecule has 0 aromatic carbocycles. The van der Waals surface area contributed by atoms with E-state index in [0.717, 1.165) is 44.1 Å². The first-order valence-electron chi connectivity index (χ1n) is 13.6. The van der Waals surface area contributed by atoms with Crippen LogP contribution in [0.3, 0.4) is 0 Å². The fraction of sp³-hybridized carbons (Fsp3) is 0.655. The van der Waals surface area contributed by atoms with Crippen molar-refractivity contribution < 1.29 is 14.3 Å². The largest absolute Gasteiger partial charge is 0.494 e. The number of fused-ring (bicyclic) bond motifs is 1. The summed E-state index contributed by atoms with van der Waals surface area (Å²) in [6, 6.07) is 0.493. The van der Waals surface area contributed by atoms with Crippen molar-refractivity contribution in [3.8, 4) is 0 Å². The van der Waals surface area contributed by atoms with Gasteiger partial charge in [0.1, 0.15) is 5.76 Å². The molecule has 3 unspecified atom stereocenters. The summed E-state index contributed by atoms with van der Waals surface area (Å²) in [5.41, 5.74) is 0. The van der Waals surface area contributed by atoms with Crippen molar-refractivity contribution in [1.82, 2.24) is 9.80 Å². The molecule has 35 heavy (non-hydrogen) atoms. The maximum absolute atomic E-state index is 13.4. The van der Waals surface area contributed by atoms with Crippen LogP contribution < -0.4 is 0 Å². The van der Waals surface area contributed by atoms with E-state index in [0.29, 0.717) is 36.7 Å². The van der Waals surface area contributed by atoms with Crippen LogP contribution in [0.1, 0.15) is 64.7 Å². The quantitative estimate of drug-likeness (QED) is 0.318. The highest BCUT2D eigenvalue weighted by Crippen LogP contribution is 2.41. The van der Waals surface area contributed by atoms with Crippen LogP contribution in [-0.4, -0.2) is 59.7 Å². The van der Waals surface area contributed by atoms with Gasteiger partial charge in [0, 0.05) is 31.4 Å². The molecule has 0 aromatic heterocycles. The topological polar surface area (TPSA) is 49.9 Å². The Bertz CT molecular complexity index is 854. The highest BCUT2D eigenvalue weighted by molar-refractivity contribution is 8.03. The van der Waals surface area contributed by atoms with Crippen molar-refractivity contribution in [2.45, 2.75) is 70.8 Å². The molecule has 0 N–H and O–H groups in total. The van der Waals surface area contributed by atoms with Crippen LogP contribution in [0, 0.1) is 17.8 Å². The van der Waals surface area contributed by atoms with Crippen molar-refractivity contribution in [1.29, 1.82) is 0 Å². The lowest BCUT2D eigenvalue weighted by molar-refractivity contribution is -0.139. The molecule has 1 aliphatic carbocycles. The number of piperidine rings is 2. The molecule has 0 radical (unpaired) electrons. The average Bonchev–Trinajstić information content (AvgIpc) is 3.38. The van der Waals surface area contributed by atoms with E-state index < -0.39 is 0 Å². The number of ether oxygens (including phenoxy) is 1. The lowest BCUT2D eigenvalue weighted by atomic mass is 9.78. The first kappa shape index (κ1) is 26.1. The maximum Gasteiger partial charge on any atom is 0.230 e. The summed E-state index contributed by atoms with van der Waals surface area (Å²) in [5, 5.41) is 0. The number of likely N-dealkylation sites (tertiary alicyclic amines) is 2. The molecule has 0 spiro atoms. The highest BCUT2D eigenvalue weighted by Gasteiger charge is 2.39. The van der Waals surface area contributed by atoms with E-state index in [9.17, 15) is 9.59 Å². The van der Waals surface area contributed by atoms with Crippen LogP contribution in [0.4, 0.5) is 0 Å². The Balaban J connectivity index is 1.21. The molecule has 3 atom stereocenters. The first-order valence-corrected chi connectivity index (χ1v) is 14.6. The van der Waals surface area contributed by atoms with Crippen molar-refractivity contribution in [2.75, 3.05) is 32.0 Å². The molecule has 0 bridgehead atoms. The van der Waals surface area contributed by atoms with Gasteiger partial charge in [-0.15, -0.1) is 11.8 Å². The number of hydrogen-bond donors (Lipinski definition) is 0. The molecule has 2 saturated heterocycles. The van der Waals surface area contributed by atoms with E-state index in [2.05, 4.69) is 17.6 Å². The summed E-state index contributed by atoms with van der Waals surface area (Å²) < 4.78 is 5.56. The van der Waals surface area contributed by atoms with Gasteiger partial charge in [-0.2, -0.15) is 0 Å². The van der Waals surface area contributed by atoms with E-state index in [1.54, 1.807) is 6.08 Å². The third kappa shape index (κ3) is 6.84. The molecule has 4 aliphatic rings. The normalized spacial score (nSPS) is 27.8. The Kier molecular flexibility index (Phi) is 9.59. The van der Waals surface area contributed by atoms with Gasteiger partial charge in [-0.05, 0) is 68.3 Å². The summed E-state index contributed by atoms with van der Waals surface area (Å²) in [6.45, 7) is 8.70. The van der Waals surface area contributed by atoms with Crippen LogP contribution in [-0.2, 0) is 14.3 Å². The monoisotopic (exact) mass is 498 g/mol. The molecule has 4 rings (SSSR count). The summed E-state index contributed by atoms with van der Waals surface area (Å²) in [6.07, 6.45) is 19.8. The minimum atomic E-state index is 0.0439. The van der Waals surface area contributed by atoms with E-state index in [1.165, 1.54) is 43.4 Å². The molecule has 5 nitrogen and oxygen atoms in total. The maximum atomic E-state index is 13.4. The fourth-order valence-electron chi connectivity index (χ4n) is 6.15. The Hall–Kier alpha value is -1.95. The van der Waals surface area contributed by atoms with Crippen LogP contribution in [0.25, 0.3) is 0 Å². The van der Waals surface area contributed by atoms with Gasteiger partial charge in [0.2, 0.25) is 11.8 Å². The Morgan fingerprint density at radius 3 is 2.66 bits per heavy atom. The van der Waals surface area contributed by atoms with Gasteiger partial charge in [0.15, 0.2) is 0 Å². The Morgan fingerprint density at radius 2 is 1.86 bits per heavy atom. The number of allylic oxidation sites excluding steroid dienone is 5. The predicted molar refractivity (Wildman–Crippen MR) is 144 cm³/mol. The van der Waals surface area contributed by atoms with Crippen molar-refractivity contribution in [3.63, 3.8) is 0 Å². The van der Waals surface area contributed by atoms with Crippen molar-refractivity contribution >= 4 is 23.6 Å². The lowest BCUT2D eigenvalue weighted by Crippen LogP contribution is -2.51. The van der Waals surface area contributed by atoms with E-state index in [4.69, 9.17) is 4.74 Å². The summed E-state index contributed by atoms with van der Waals surface area (Å²) in [4.78, 5) is 31.7. The molecule has 0 aromatic rings. The zero-order chi connectivity index (χ0) is 24.6. The molecule has 192 valence electrons. The van der Waals surface area contributed by atoms with E-state index in [-0.39, 0.29) is 11.8 Å². The molecule has 6 heteroatoms. The van der Waals surface area contributed by atoms with Gasteiger partial charge in [-0.25, -0.2) is 0 Å². The van der Waals surface area contributed by atoms with Crippen LogP contribution in [0.15, 0.2) is 47.6 Å². The first-order chi connectivity index (χ1) is 17.1. The molecular weight excluding hydrogens is 456 g/mol. The van der Waals surface area contributed by atoms with Crippen molar-refractivity contribution in [3.05, 3.63) is 47.6 Å². The summed E-state index contributed by atoms with van der Waals surface area (Å²) in [5.74, 6) is 3.26. The molecule has 3 aliphatic heterocycles. The number of carbonyl (C=O) groups excluding carboxylic acids is 2. The molecule has 1 saturated carbocycles. The second-order valence-electron chi connectivity index (χ2n) is 10.4. The zero-order valence-electron chi connectivity index (χ0n) is 21.3. The Labute approximate surface area is 215 Å². The molecule has 3 fully saturated rings. The van der Waals surface area contributed by atoms with E-state index in [1.807, 2.05) is 41.8 Å². The van der Waals surface area contributed by atoms with Gasteiger partial charge in [-0.3, -0.25) is 9.59 Å².